The lowest BCUT2D eigenvalue weighted by Gasteiger charge is -2.20. The topological polar surface area (TPSA) is 32.3 Å². The standard InChI is InChI=1S/C11H22N2O/c1-3-6-12-8-10(2)9-13-7-4-5-11(13)14/h10,12H,3-9H2,1-2H3. The summed E-state index contributed by atoms with van der Waals surface area (Å²) >= 11 is 0. The molecule has 3 nitrogen and oxygen atoms in total. The molecule has 1 amide bonds. The third kappa shape index (κ3) is 3.66. The number of carbonyl (C=O) groups is 1. The van der Waals surface area contributed by atoms with E-state index in [9.17, 15) is 4.79 Å². The molecule has 1 aliphatic rings. The third-order valence-corrected chi connectivity index (χ3v) is 2.62. The maximum Gasteiger partial charge on any atom is 0.222 e. The second-order valence-corrected chi connectivity index (χ2v) is 4.25. The van der Waals surface area contributed by atoms with E-state index in [0.717, 1.165) is 39.0 Å². The van der Waals surface area contributed by atoms with Gasteiger partial charge in [0.25, 0.3) is 0 Å². The molecule has 82 valence electrons. The molecule has 1 fully saturated rings. The van der Waals surface area contributed by atoms with Crippen LogP contribution in [0.4, 0.5) is 0 Å². The van der Waals surface area contributed by atoms with Crippen molar-refractivity contribution in [1.82, 2.24) is 10.2 Å². The maximum atomic E-state index is 11.3. The summed E-state index contributed by atoms with van der Waals surface area (Å²) in [6.45, 7) is 8.37. The third-order valence-electron chi connectivity index (χ3n) is 2.62. The van der Waals surface area contributed by atoms with Gasteiger partial charge in [0.15, 0.2) is 0 Å². The average molecular weight is 198 g/mol. The molecule has 3 heteroatoms. The highest BCUT2D eigenvalue weighted by Crippen LogP contribution is 2.11. The largest absolute Gasteiger partial charge is 0.342 e. The molecule has 14 heavy (non-hydrogen) atoms. The van der Waals surface area contributed by atoms with E-state index in [2.05, 4.69) is 19.2 Å². The monoisotopic (exact) mass is 198 g/mol. The predicted molar refractivity (Wildman–Crippen MR) is 58.1 cm³/mol. The number of hydrogen-bond acceptors (Lipinski definition) is 2. The summed E-state index contributed by atoms with van der Waals surface area (Å²) in [5.41, 5.74) is 0. The summed E-state index contributed by atoms with van der Waals surface area (Å²) < 4.78 is 0. The molecule has 1 heterocycles. The van der Waals surface area contributed by atoms with Crippen LogP contribution >= 0.6 is 0 Å². The van der Waals surface area contributed by atoms with E-state index in [1.54, 1.807) is 0 Å². The van der Waals surface area contributed by atoms with Gasteiger partial charge in [0.1, 0.15) is 0 Å². The zero-order valence-corrected chi connectivity index (χ0v) is 9.38. The SMILES string of the molecule is CCCNCC(C)CN1CCCC1=O. The van der Waals surface area contributed by atoms with Crippen molar-refractivity contribution in [1.29, 1.82) is 0 Å². The Morgan fingerprint density at radius 2 is 2.36 bits per heavy atom. The number of nitrogens with one attached hydrogen (secondary N) is 1. The fourth-order valence-corrected chi connectivity index (χ4v) is 1.86. The minimum absolute atomic E-state index is 0.340. The van der Waals surface area contributed by atoms with Crippen LogP contribution in [0.1, 0.15) is 33.1 Å². The molecule has 0 bridgehead atoms. The minimum Gasteiger partial charge on any atom is -0.342 e. The molecule has 0 aliphatic carbocycles. The second kappa shape index (κ2) is 6.02. The number of nitrogens with zero attached hydrogens (tertiary/aromatic N) is 1. The fraction of sp³-hybridized carbons (Fsp3) is 0.909. The minimum atomic E-state index is 0.340. The van der Waals surface area contributed by atoms with Gasteiger partial charge in [-0.2, -0.15) is 0 Å². The molecule has 1 atom stereocenters. The van der Waals surface area contributed by atoms with E-state index < -0.39 is 0 Å². The molecule has 0 spiro atoms. The van der Waals surface area contributed by atoms with E-state index in [0.29, 0.717) is 11.8 Å². The van der Waals surface area contributed by atoms with Crippen molar-refractivity contribution in [2.75, 3.05) is 26.2 Å². The van der Waals surface area contributed by atoms with Crippen molar-refractivity contribution >= 4 is 5.91 Å². The van der Waals surface area contributed by atoms with Crippen molar-refractivity contribution in [2.45, 2.75) is 33.1 Å². The highest BCUT2D eigenvalue weighted by Gasteiger charge is 2.21. The Bertz CT molecular complexity index is 182. The molecule has 1 saturated heterocycles. The highest BCUT2D eigenvalue weighted by molar-refractivity contribution is 5.78. The predicted octanol–water partition coefficient (Wildman–Crippen LogP) is 1.24. The molecular formula is C11H22N2O. The number of amides is 1. The van der Waals surface area contributed by atoms with Crippen molar-refractivity contribution in [2.24, 2.45) is 5.92 Å². The summed E-state index contributed by atoms with van der Waals surface area (Å²) in [5, 5.41) is 3.39. The molecule has 1 rings (SSSR count). The molecule has 0 aromatic carbocycles. The van der Waals surface area contributed by atoms with Crippen LogP contribution in [-0.2, 0) is 4.79 Å². The van der Waals surface area contributed by atoms with Crippen molar-refractivity contribution in [3.8, 4) is 0 Å². The lowest BCUT2D eigenvalue weighted by atomic mass is 10.1. The van der Waals surface area contributed by atoms with Crippen LogP contribution in [0.25, 0.3) is 0 Å². The van der Waals surface area contributed by atoms with Gasteiger partial charge >= 0.3 is 0 Å². The van der Waals surface area contributed by atoms with Gasteiger partial charge in [0.05, 0.1) is 0 Å². The molecule has 1 aliphatic heterocycles. The average Bonchev–Trinajstić information content (AvgIpc) is 2.52. The van der Waals surface area contributed by atoms with Gasteiger partial charge in [-0.3, -0.25) is 4.79 Å². The number of carbonyl (C=O) groups excluding carboxylic acids is 1. The van der Waals surface area contributed by atoms with Crippen LogP contribution in [0.3, 0.4) is 0 Å². The van der Waals surface area contributed by atoms with Gasteiger partial charge in [0.2, 0.25) is 5.91 Å². The van der Waals surface area contributed by atoms with Gasteiger partial charge in [-0.15, -0.1) is 0 Å². The summed E-state index contributed by atoms with van der Waals surface area (Å²) in [7, 11) is 0. The molecule has 0 aromatic rings. The first-order valence-corrected chi connectivity index (χ1v) is 5.72. The van der Waals surface area contributed by atoms with Gasteiger partial charge in [-0.25, -0.2) is 0 Å². The summed E-state index contributed by atoms with van der Waals surface area (Å²) in [6.07, 6.45) is 2.98. The van der Waals surface area contributed by atoms with Gasteiger partial charge in [0, 0.05) is 19.5 Å². The van der Waals surface area contributed by atoms with Crippen LogP contribution in [0, 0.1) is 5.92 Å². The molecule has 1 N–H and O–H groups in total. The Kier molecular flexibility index (Phi) is 4.94. The van der Waals surface area contributed by atoms with Crippen molar-refractivity contribution < 1.29 is 4.79 Å². The van der Waals surface area contributed by atoms with Crippen molar-refractivity contribution in [3.63, 3.8) is 0 Å². The van der Waals surface area contributed by atoms with E-state index in [-0.39, 0.29) is 0 Å². The highest BCUT2D eigenvalue weighted by atomic mass is 16.2. The number of likely N-dealkylation sites (tertiary alicyclic amines) is 1. The first-order valence-electron chi connectivity index (χ1n) is 5.72. The van der Waals surface area contributed by atoms with Crippen LogP contribution in [0.15, 0.2) is 0 Å². The zero-order valence-electron chi connectivity index (χ0n) is 9.38. The summed E-state index contributed by atoms with van der Waals surface area (Å²) in [4.78, 5) is 13.3. The number of hydrogen-bond donors (Lipinski definition) is 1. The van der Waals surface area contributed by atoms with E-state index in [4.69, 9.17) is 0 Å². The van der Waals surface area contributed by atoms with Crippen LogP contribution in [0.2, 0.25) is 0 Å². The Balaban J connectivity index is 2.12. The molecule has 1 unspecified atom stereocenters. The summed E-state index contributed by atoms with van der Waals surface area (Å²) in [5.74, 6) is 0.913. The van der Waals surface area contributed by atoms with E-state index >= 15 is 0 Å². The van der Waals surface area contributed by atoms with Crippen molar-refractivity contribution in [3.05, 3.63) is 0 Å². The van der Waals surface area contributed by atoms with E-state index in [1.165, 1.54) is 6.42 Å². The van der Waals surface area contributed by atoms with E-state index in [1.807, 2.05) is 4.90 Å². The Morgan fingerprint density at radius 1 is 1.57 bits per heavy atom. The maximum absolute atomic E-state index is 11.3. The van der Waals surface area contributed by atoms with Gasteiger partial charge < -0.3 is 10.2 Å². The smallest absolute Gasteiger partial charge is 0.222 e. The zero-order chi connectivity index (χ0) is 10.4. The fourth-order valence-electron chi connectivity index (χ4n) is 1.86. The molecule has 0 saturated carbocycles. The molecular weight excluding hydrogens is 176 g/mol. The van der Waals surface area contributed by atoms with Crippen LogP contribution in [0.5, 0.6) is 0 Å². The first kappa shape index (κ1) is 11.5. The Labute approximate surface area is 86.9 Å². The first-order chi connectivity index (χ1) is 6.74. The normalized spacial score (nSPS) is 19.0. The molecule has 0 aromatic heterocycles. The second-order valence-electron chi connectivity index (χ2n) is 4.25. The van der Waals surface area contributed by atoms with Crippen LogP contribution < -0.4 is 5.32 Å². The van der Waals surface area contributed by atoms with Gasteiger partial charge in [-0.05, 0) is 31.8 Å². The number of rotatable bonds is 6. The lowest BCUT2D eigenvalue weighted by Crippen LogP contribution is -2.34. The summed E-state index contributed by atoms with van der Waals surface area (Å²) in [6, 6.07) is 0. The Hall–Kier alpha value is -0.570. The molecule has 0 radical (unpaired) electrons. The quantitative estimate of drug-likeness (QED) is 0.651. The van der Waals surface area contributed by atoms with Crippen LogP contribution in [-0.4, -0.2) is 37.0 Å². The lowest BCUT2D eigenvalue weighted by molar-refractivity contribution is -0.128. The van der Waals surface area contributed by atoms with Gasteiger partial charge in [-0.1, -0.05) is 13.8 Å². The Morgan fingerprint density at radius 3 is 2.93 bits per heavy atom.